The summed E-state index contributed by atoms with van der Waals surface area (Å²) in [5.41, 5.74) is 2.09. The molecule has 1 unspecified atom stereocenters. The largest absolute Gasteiger partial charge is 0.372 e. The van der Waals surface area contributed by atoms with Crippen LogP contribution in [0.1, 0.15) is 35.4 Å². The molecule has 2 amide bonds. The first-order valence-corrected chi connectivity index (χ1v) is 8.23. The molecular weight excluding hydrogens is 320 g/mol. The number of nitrogens with zero attached hydrogens (tertiary/aromatic N) is 4. The van der Waals surface area contributed by atoms with Gasteiger partial charge in [-0.05, 0) is 18.2 Å². The molecule has 1 aliphatic heterocycles. The molecule has 1 aliphatic rings. The van der Waals surface area contributed by atoms with E-state index in [1.54, 1.807) is 18.5 Å². The van der Waals surface area contributed by atoms with Crippen LogP contribution in [-0.4, -0.2) is 46.7 Å². The normalized spacial score (nSPS) is 15.2. The number of amides is 2. The van der Waals surface area contributed by atoms with Crippen molar-refractivity contribution < 1.29 is 9.59 Å². The molecule has 0 radical (unpaired) electrons. The highest BCUT2D eigenvalue weighted by molar-refractivity contribution is 6.00. The first kappa shape index (κ1) is 16.9. The molecule has 2 N–H and O–H groups in total. The van der Waals surface area contributed by atoms with Crippen LogP contribution in [0.5, 0.6) is 0 Å². The first-order chi connectivity index (χ1) is 12.0. The first-order valence-electron chi connectivity index (χ1n) is 8.23. The van der Waals surface area contributed by atoms with E-state index in [1.807, 2.05) is 36.6 Å². The Labute approximate surface area is 146 Å². The van der Waals surface area contributed by atoms with Crippen LogP contribution in [0, 0.1) is 0 Å². The van der Waals surface area contributed by atoms with E-state index in [1.165, 1.54) is 0 Å². The maximum atomic E-state index is 12.5. The Morgan fingerprint density at radius 2 is 2.20 bits per heavy atom. The fourth-order valence-electron chi connectivity index (χ4n) is 2.89. The predicted molar refractivity (Wildman–Crippen MR) is 94.7 cm³/mol. The van der Waals surface area contributed by atoms with Crippen LogP contribution in [0.15, 0.2) is 24.5 Å². The van der Waals surface area contributed by atoms with Gasteiger partial charge in [-0.25, -0.2) is 0 Å². The molecule has 0 fully saturated rings. The van der Waals surface area contributed by atoms with Gasteiger partial charge in [0.1, 0.15) is 12.2 Å². The van der Waals surface area contributed by atoms with Gasteiger partial charge in [0.15, 0.2) is 0 Å². The zero-order valence-corrected chi connectivity index (χ0v) is 14.6. The summed E-state index contributed by atoms with van der Waals surface area (Å²) in [4.78, 5) is 26.3. The van der Waals surface area contributed by atoms with Crippen LogP contribution in [0.3, 0.4) is 0 Å². The molecule has 0 saturated carbocycles. The van der Waals surface area contributed by atoms with Crippen molar-refractivity contribution in [3.8, 4) is 0 Å². The van der Waals surface area contributed by atoms with Crippen LogP contribution < -0.4 is 15.5 Å². The van der Waals surface area contributed by atoms with Gasteiger partial charge in [0, 0.05) is 45.1 Å². The van der Waals surface area contributed by atoms with Gasteiger partial charge in [-0.3, -0.25) is 9.59 Å². The van der Waals surface area contributed by atoms with Crippen molar-refractivity contribution in [1.82, 2.24) is 20.1 Å². The van der Waals surface area contributed by atoms with Crippen molar-refractivity contribution in [3.63, 3.8) is 0 Å². The lowest BCUT2D eigenvalue weighted by Gasteiger charge is -2.19. The SMILES string of the molecule is CC(CNC(=O)c1ccc2c(c1)NC(=O)CCN2C)c1nncn1C. The minimum atomic E-state index is -0.182. The Kier molecular flexibility index (Phi) is 4.69. The number of benzene rings is 1. The fourth-order valence-corrected chi connectivity index (χ4v) is 2.89. The molecule has 25 heavy (non-hydrogen) atoms. The number of fused-ring (bicyclic) bond motifs is 1. The number of rotatable bonds is 4. The summed E-state index contributed by atoms with van der Waals surface area (Å²) in [6, 6.07) is 5.36. The van der Waals surface area contributed by atoms with Gasteiger partial charge in [0.2, 0.25) is 5.91 Å². The lowest BCUT2D eigenvalue weighted by Crippen LogP contribution is -2.28. The topological polar surface area (TPSA) is 92.2 Å². The smallest absolute Gasteiger partial charge is 0.251 e. The summed E-state index contributed by atoms with van der Waals surface area (Å²) in [5, 5.41) is 13.7. The Hall–Kier alpha value is -2.90. The van der Waals surface area contributed by atoms with Crippen LogP contribution >= 0.6 is 0 Å². The summed E-state index contributed by atoms with van der Waals surface area (Å²) in [6.07, 6.45) is 2.07. The second kappa shape index (κ2) is 6.92. The molecule has 1 aromatic carbocycles. The minimum Gasteiger partial charge on any atom is -0.372 e. The third kappa shape index (κ3) is 3.62. The molecule has 8 heteroatoms. The van der Waals surface area contributed by atoms with Gasteiger partial charge in [0.05, 0.1) is 11.4 Å². The van der Waals surface area contributed by atoms with Crippen molar-refractivity contribution in [3.05, 3.63) is 35.9 Å². The molecular formula is C17H22N6O2. The van der Waals surface area contributed by atoms with Gasteiger partial charge in [-0.15, -0.1) is 10.2 Å². The van der Waals surface area contributed by atoms with Gasteiger partial charge in [-0.1, -0.05) is 6.92 Å². The Morgan fingerprint density at radius 3 is 2.92 bits per heavy atom. The van der Waals surface area contributed by atoms with E-state index in [0.29, 0.717) is 30.8 Å². The highest BCUT2D eigenvalue weighted by atomic mass is 16.2. The molecule has 0 aliphatic carbocycles. The lowest BCUT2D eigenvalue weighted by molar-refractivity contribution is -0.115. The highest BCUT2D eigenvalue weighted by Crippen LogP contribution is 2.28. The van der Waals surface area contributed by atoms with E-state index in [9.17, 15) is 9.59 Å². The molecule has 0 saturated heterocycles. The summed E-state index contributed by atoms with van der Waals surface area (Å²) in [5.74, 6) is 0.635. The van der Waals surface area contributed by atoms with E-state index in [2.05, 4.69) is 20.8 Å². The monoisotopic (exact) mass is 342 g/mol. The second-order valence-electron chi connectivity index (χ2n) is 6.36. The number of nitrogens with one attached hydrogen (secondary N) is 2. The van der Waals surface area contributed by atoms with E-state index in [0.717, 1.165) is 11.5 Å². The Balaban J connectivity index is 1.70. The third-order valence-electron chi connectivity index (χ3n) is 4.37. The predicted octanol–water partition coefficient (Wildman–Crippen LogP) is 1.13. The number of carbonyl (C=O) groups excluding carboxylic acids is 2. The molecule has 2 heterocycles. The minimum absolute atomic E-state index is 0.0425. The maximum Gasteiger partial charge on any atom is 0.251 e. The number of carbonyl (C=O) groups is 2. The lowest BCUT2D eigenvalue weighted by atomic mass is 10.1. The Morgan fingerprint density at radius 1 is 1.40 bits per heavy atom. The number of aromatic nitrogens is 3. The summed E-state index contributed by atoms with van der Waals surface area (Å²) in [7, 11) is 3.81. The van der Waals surface area contributed by atoms with Crippen molar-refractivity contribution in [2.24, 2.45) is 7.05 Å². The van der Waals surface area contributed by atoms with Gasteiger partial charge in [0.25, 0.3) is 5.91 Å². The van der Waals surface area contributed by atoms with Crippen molar-refractivity contribution >= 4 is 23.2 Å². The molecule has 132 valence electrons. The summed E-state index contributed by atoms with van der Waals surface area (Å²) >= 11 is 0. The number of aryl methyl sites for hydroxylation is 1. The molecule has 0 spiro atoms. The standard InChI is InChI=1S/C17H22N6O2/c1-11(16-21-19-10-23(16)3)9-18-17(25)12-4-5-14-13(8-12)20-15(24)6-7-22(14)2/h4-5,8,10-11H,6-7,9H2,1-3H3,(H,18,25)(H,20,24). The highest BCUT2D eigenvalue weighted by Gasteiger charge is 2.19. The molecule has 1 atom stereocenters. The quantitative estimate of drug-likeness (QED) is 0.869. The third-order valence-corrected chi connectivity index (χ3v) is 4.37. The van der Waals surface area contributed by atoms with Gasteiger partial charge < -0.3 is 20.1 Å². The summed E-state index contributed by atoms with van der Waals surface area (Å²) in [6.45, 7) is 3.09. The molecule has 0 bridgehead atoms. The molecule has 1 aromatic heterocycles. The van der Waals surface area contributed by atoms with Gasteiger partial charge >= 0.3 is 0 Å². The van der Waals surface area contributed by atoms with Crippen LogP contribution in [0.2, 0.25) is 0 Å². The van der Waals surface area contributed by atoms with E-state index < -0.39 is 0 Å². The van der Waals surface area contributed by atoms with Gasteiger partial charge in [-0.2, -0.15) is 0 Å². The van der Waals surface area contributed by atoms with E-state index in [4.69, 9.17) is 0 Å². The average molecular weight is 342 g/mol. The molecule has 2 aromatic rings. The van der Waals surface area contributed by atoms with Crippen LogP contribution in [0.25, 0.3) is 0 Å². The van der Waals surface area contributed by atoms with Crippen LogP contribution in [0.4, 0.5) is 11.4 Å². The number of hydrogen-bond donors (Lipinski definition) is 2. The number of hydrogen-bond acceptors (Lipinski definition) is 5. The average Bonchev–Trinajstić information content (AvgIpc) is 2.97. The zero-order valence-electron chi connectivity index (χ0n) is 14.6. The molecule has 3 rings (SSSR count). The fraction of sp³-hybridized carbons (Fsp3) is 0.412. The van der Waals surface area contributed by atoms with Crippen molar-refractivity contribution in [2.45, 2.75) is 19.3 Å². The Bertz CT molecular complexity index is 800. The van der Waals surface area contributed by atoms with Crippen LogP contribution in [-0.2, 0) is 11.8 Å². The van der Waals surface area contributed by atoms with Crippen molar-refractivity contribution in [1.29, 1.82) is 0 Å². The van der Waals surface area contributed by atoms with E-state index >= 15 is 0 Å². The maximum absolute atomic E-state index is 12.5. The molecule has 8 nitrogen and oxygen atoms in total. The van der Waals surface area contributed by atoms with Crippen molar-refractivity contribution in [2.75, 3.05) is 30.4 Å². The number of anilines is 2. The second-order valence-corrected chi connectivity index (χ2v) is 6.36. The zero-order chi connectivity index (χ0) is 18.0. The van der Waals surface area contributed by atoms with E-state index in [-0.39, 0.29) is 17.7 Å². The summed E-state index contributed by atoms with van der Waals surface area (Å²) < 4.78 is 1.84.